The fourth-order valence-electron chi connectivity index (χ4n) is 2.94. The summed E-state index contributed by atoms with van der Waals surface area (Å²) < 4.78 is 24.2. The molecule has 4 heteroatoms. The van der Waals surface area contributed by atoms with Crippen LogP contribution >= 0.6 is 0 Å². The maximum Gasteiger partial charge on any atom is 0.161 e. The van der Waals surface area contributed by atoms with Crippen molar-refractivity contribution in [3.05, 3.63) is 59.4 Å². The smallest absolute Gasteiger partial charge is 0.161 e. The highest BCUT2D eigenvalue weighted by molar-refractivity contribution is 5.44. The van der Waals surface area contributed by atoms with Crippen molar-refractivity contribution < 1.29 is 13.9 Å². The summed E-state index contributed by atoms with van der Waals surface area (Å²) in [7, 11) is 1.66. The zero-order valence-corrected chi connectivity index (χ0v) is 13.3. The minimum atomic E-state index is -0.239. The minimum absolute atomic E-state index is 0.239. The third-order valence-corrected chi connectivity index (χ3v) is 4.26. The zero-order chi connectivity index (χ0) is 16.1. The number of halogens is 1. The Morgan fingerprint density at radius 2 is 1.96 bits per heavy atom. The first-order chi connectivity index (χ1) is 11.3. The van der Waals surface area contributed by atoms with Crippen LogP contribution in [0.3, 0.4) is 0 Å². The lowest BCUT2D eigenvalue weighted by Crippen LogP contribution is -2.28. The molecule has 0 bridgehead atoms. The Balaban J connectivity index is 1.70. The van der Waals surface area contributed by atoms with Crippen LogP contribution in [0.25, 0.3) is 0 Å². The maximum atomic E-state index is 12.9. The summed E-state index contributed by atoms with van der Waals surface area (Å²) in [6.45, 7) is 2.51. The van der Waals surface area contributed by atoms with Crippen LogP contribution in [0.15, 0.2) is 42.5 Å². The van der Waals surface area contributed by atoms with Gasteiger partial charge in [0.1, 0.15) is 12.4 Å². The molecule has 1 saturated heterocycles. The van der Waals surface area contributed by atoms with E-state index in [9.17, 15) is 4.39 Å². The fourth-order valence-corrected chi connectivity index (χ4v) is 2.94. The minimum Gasteiger partial charge on any atom is -0.493 e. The first kappa shape index (κ1) is 15.8. The van der Waals surface area contributed by atoms with E-state index in [1.54, 1.807) is 19.2 Å². The molecule has 1 heterocycles. The molecule has 0 aromatic heterocycles. The average Bonchev–Trinajstić information content (AvgIpc) is 2.62. The predicted molar refractivity (Wildman–Crippen MR) is 88.6 cm³/mol. The van der Waals surface area contributed by atoms with Gasteiger partial charge in [0, 0.05) is 6.54 Å². The number of nitrogens with one attached hydrogen (secondary N) is 1. The summed E-state index contributed by atoms with van der Waals surface area (Å²) in [6, 6.07) is 12.5. The van der Waals surface area contributed by atoms with Crippen molar-refractivity contribution in [2.24, 2.45) is 0 Å². The molecule has 1 unspecified atom stereocenters. The Labute approximate surface area is 136 Å². The molecular weight excluding hydrogens is 293 g/mol. The van der Waals surface area contributed by atoms with Gasteiger partial charge in [-0.15, -0.1) is 0 Å². The Bertz CT molecular complexity index is 636. The van der Waals surface area contributed by atoms with Gasteiger partial charge in [0.05, 0.1) is 7.11 Å². The van der Waals surface area contributed by atoms with E-state index in [0.717, 1.165) is 24.4 Å². The van der Waals surface area contributed by atoms with Gasteiger partial charge in [0.15, 0.2) is 11.5 Å². The molecule has 122 valence electrons. The molecule has 1 aliphatic rings. The van der Waals surface area contributed by atoms with Crippen molar-refractivity contribution >= 4 is 0 Å². The van der Waals surface area contributed by atoms with Gasteiger partial charge in [-0.25, -0.2) is 4.39 Å². The molecule has 2 aromatic carbocycles. The summed E-state index contributed by atoms with van der Waals surface area (Å²) in [5.41, 5.74) is 2.21. The van der Waals surface area contributed by atoms with Crippen LogP contribution in [0.2, 0.25) is 0 Å². The number of methoxy groups -OCH3 is 1. The maximum absolute atomic E-state index is 12.9. The Morgan fingerprint density at radius 3 is 2.65 bits per heavy atom. The molecule has 0 spiro atoms. The van der Waals surface area contributed by atoms with Crippen LogP contribution in [0.5, 0.6) is 11.5 Å². The van der Waals surface area contributed by atoms with E-state index in [0.29, 0.717) is 18.3 Å². The predicted octanol–water partition coefficient (Wildman–Crippen LogP) is 3.88. The average molecular weight is 315 g/mol. The Morgan fingerprint density at radius 1 is 1.13 bits per heavy atom. The van der Waals surface area contributed by atoms with Gasteiger partial charge in [0.25, 0.3) is 0 Å². The van der Waals surface area contributed by atoms with Crippen LogP contribution < -0.4 is 14.8 Å². The number of ether oxygens (including phenoxy) is 2. The van der Waals surface area contributed by atoms with E-state index in [1.807, 2.05) is 6.07 Å². The summed E-state index contributed by atoms with van der Waals surface area (Å²) in [5.74, 6) is 1.75. The number of benzene rings is 2. The quantitative estimate of drug-likeness (QED) is 0.908. The third kappa shape index (κ3) is 4.02. The van der Waals surface area contributed by atoms with Gasteiger partial charge in [-0.3, -0.25) is 0 Å². The van der Waals surface area contributed by atoms with Crippen LogP contribution in [0.4, 0.5) is 4.39 Å². The van der Waals surface area contributed by atoms with Crippen molar-refractivity contribution in [2.45, 2.75) is 25.4 Å². The van der Waals surface area contributed by atoms with Gasteiger partial charge in [0.2, 0.25) is 0 Å². The molecule has 23 heavy (non-hydrogen) atoms. The molecule has 1 aliphatic heterocycles. The van der Waals surface area contributed by atoms with Crippen LogP contribution in [0.1, 0.15) is 29.9 Å². The topological polar surface area (TPSA) is 30.5 Å². The molecule has 3 nitrogen and oxygen atoms in total. The normalized spacial score (nSPS) is 17.7. The summed E-state index contributed by atoms with van der Waals surface area (Å²) in [4.78, 5) is 0. The second kappa shape index (κ2) is 7.47. The largest absolute Gasteiger partial charge is 0.493 e. The van der Waals surface area contributed by atoms with Gasteiger partial charge in [-0.1, -0.05) is 18.2 Å². The molecular formula is C19H22FNO2. The van der Waals surface area contributed by atoms with Gasteiger partial charge >= 0.3 is 0 Å². The first-order valence-electron chi connectivity index (χ1n) is 8.02. The van der Waals surface area contributed by atoms with E-state index in [2.05, 4.69) is 17.4 Å². The summed E-state index contributed by atoms with van der Waals surface area (Å²) >= 11 is 0. The van der Waals surface area contributed by atoms with E-state index in [1.165, 1.54) is 30.5 Å². The molecule has 0 amide bonds. The second-order valence-electron chi connectivity index (χ2n) is 5.87. The SMILES string of the molecule is COc1cc(C2CCCNC2)ccc1OCc1ccc(F)cc1. The molecule has 1 fully saturated rings. The number of hydrogen-bond donors (Lipinski definition) is 1. The van der Waals surface area contributed by atoms with Gasteiger partial charge in [-0.05, 0) is 60.7 Å². The van der Waals surface area contributed by atoms with E-state index >= 15 is 0 Å². The molecule has 3 rings (SSSR count). The molecule has 1 N–H and O–H groups in total. The highest BCUT2D eigenvalue weighted by atomic mass is 19.1. The lowest BCUT2D eigenvalue weighted by Gasteiger charge is -2.24. The van der Waals surface area contributed by atoms with Gasteiger partial charge < -0.3 is 14.8 Å². The lowest BCUT2D eigenvalue weighted by molar-refractivity contribution is 0.284. The molecule has 2 aromatic rings. The van der Waals surface area contributed by atoms with Crippen molar-refractivity contribution in [1.82, 2.24) is 5.32 Å². The van der Waals surface area contributed by atoms with E-state index in [4.69, 9.17) is 9.47 Å². The molecule has 0 radical (unpaired) electrons. The zero-order valence-electron chi connectivity index (χ0n) is 13.3. The van der Waals surface area contributed by atoms with Crippen molar-refractivity contribution in [1.29, 1.82) is 0 Å². The highest BCUT2D eigenvalue weighted by Crippen LogP contribution is 2.33. The lowest BCUT2D eigenvalue weighted by atomic mass is 9.91. The fraction of sp³-hybridized carbons (Fsp3) is 0.368. The highest BCUT2D eigenvalue weighted by Gasteiger charge is 2.17. The third-order valence-electron chi connectivity index (χ3n) is 4.26. The summed E-state index contributed by atoms with van der Waals surface area (Å²) in [5, 5.41) is 3.43. The molecule has 0 aliphatic carbocycles. The van der Waals surface area contributed by atoms with Crippen LogP contribution in [-0.2, 0) is 6.61 Å². The standard InChI is InChI=1S/C19H22FNO2/c1-22-19-11-15(16-3-2-10-21-12-16)6-9-18(19)23-13-14-4-7-17(20)8-5-14/h4-9,11,16,21H,2-3,10,12-13H2,1H3. The number of piperidine rings is 1. The molecule has 1 atom stereocenters. The van der Waals surface area contributed by atoms with Crippen LogP contribution in [-0.4, -0.2) is 20.2 Å². The van der Waals surface area contributed by atoms with Crippen molar-refractivity contribution in [2.75, 3.05) is 20.2 Å². The van der Waals surface area contributed by atoms with Crippen molar-refractivity contribution in [3.8, 4) is 11.5 Å². The molecule has 0 saturated carbocycles. The first-order valence-corrected chi connectivity index (χ1v) is 8.02. The number of rotatable bonds is 5. The van der Waals surface area contributed by atoms with E-state index in [-0.39, 0.29) is 5.82 Å². The van der Waals surface area contributed by atoms with E-state index < -0.39 is 0 Å². The van der Waals surface area contributed by atoms with Crippen molar-refractivity contribution in [3.63, 3.8) is 0 Å². The Kier molecular flexibility index (Phi) is 5.13. The Hall–Kier alpha value is -2.07. The summed E-state index contributed by atoms with van der Waals surface area (Å²) in [6.07, 6.45) is 2.40. The second-order valence-corrected chi connectivity index (χ2v) is 5.87. The van der Waals surface area contributed by atoms with Gasteiger partial charge in [-0.2, -0.15) is 0 Å². The number of hydrogen-bond acceptors (Lipinski definition) is 3. The van der Waals surface area contributed by atoms with Crippen LogP contribution in [0, 0.1) is 5.82 Å². The monoisotopic (exact) mass is 315 g/mol.